The maximum absolute atomic E-state index is 2.46. The van der Waals surface area contributed by atoms with E-state index in [1.54, 1.807) is 0 Å². The van der Waals surface area contributed by atoms with Gasteiger partial charge in [0.15, 0.2) is 0 Å². The predicted molar refractivity (Wildman–Crippen MR) is 104 cm³/mol. The molecule has 4 aliphatic carbocycles. The van der Waals surface area contributed by atoms with Gasteiger partial charge >= 0.3 is 41.6 Å². The third kappa shape index (κ3) is 9.21. The summed E-state index contributed by atoms with van der Waals surface area (Å²) in [5.41, 5.74) is 0.259. The number of halogens is 2. The second-order valence-electron chi connectivity index (χ2n) is 7.83. The van der Waals surface area contributed by atoms with Gasteiger partial charge in [-0.25, -0.2) is 0 Å². The van der Waals surface area contributed by atoms with Crippen LogP contribution in [0, 0.1) is 48.3 Å². The largest absolute Gasteiger partial charge is 1.00 e. The number of allylic oxidation sites excluding steroid dienone is 8. The summed E-state index contributed by atoms with van der Waals surface area (Å²) in [4.78, 5) is 0. The van der Waals surface area contributed by atoms with Gasteiger partial charge in [-0.3, -0.25) is 0 Å². The number of rotatable bonds is 0. The predicted octanol–water partition coefficient (Wildman–Crippen LogP) is -0.0299. The Hall–Kier alpha value is 0.627. The van der Waals surface area contributed by atoms with Crippen LogP contribution in [-0.4, -0.2) is 5.49 Å². The second-order valence-corrected chi connectivity index (χ2v) is 20.6. The number of fused-ring (bicyclic) bond motifs is 2. The molecule has 6 unspecified atom stereocenters. The summed E-state index contributed by atoms with van der Waals surface area (Å²) in [5, 5.41) is 0. The molecule has 0 nitrogen and oxygen atoms in total. The van der Waals surface area contributed by atoms with E-state index in [1.807, 2.05) is 0 Å². The van der Waals surface area contributed by atoms with Gasteiger partial charge in [0.05, 0.1) is 0 Å². The van der Waals surface area contributed by atoms with E-state index in [-0.39, 0.29) is 30.3 Å². The van der Waals surface area contributed by atoms with Crippen molar-refractivity contribution in [2.75, 3.05) is 0 Å². The monoisotopic (exact) mass is 574 g/mol. The molecule has 6 atom stereocenters. The molecule has 2 fully saturated rings. The van der Waals surface area contributed by atoms with Gasteiger partial charge in [0.25, 0.3) is 0 Å². The van der Waals surface area contributed by atoms with E-state index < -0.39 is 0 Å². The van der Waals surface area contributed by atoms with Crippen molar-refractivity contribution < 1.29 is 47.8 Å². The van der Waals surface area contributed by atoms with Gasteiger partial charge < -0.3 is 37.7 Å². The Labute approximate surface area is 189 Å². The van der Waals surface area contributed by atoms with Crippen LogP contribution in [0.3, 0.4) is 0 Å². The molecule has 0 aromatic heterocycles. The van der Waals surface area contributed by atoms with Crippen molar-refractivity contribution in [3.8, 4) is 0 Å². The molecule has 0 bridgehead atoms. The molecule has 0 amide bonds. The first-order chi connectivity index (χ1) is 11.5. The van der Waals surface area contributed by atoms with Crippen LogP contribution in [0.25, 0.3) is 0 Å². The molecule has 4 aliphatic rings. The van der Waals surface area contributed by atoms with Crippen LogP contribution in [0.1, 0.15) is 26.7 Å². The molecule has 0 saturated heterocycles. The van der Waals surface area contributed by atoms with E-state index in [1.165, 1.54) is 35.8 Å². The van der Waals surface area contributed by atoms with Gasteiger partial charge in [0.2, 0.25) is 0 Å². The summed E-state index contributed by atoms with van der Waals surface area (Å²) in [6.07, 6.45) is 25.6. The minimum atomic E-state index is 0. The van der Waals surface area contributed by atoms with Crippen LogP contribution in [0.4, 0.5) is 0 Å². The Balaban J connectivity index is 0.000000378. The fourth-order valence-corrected chi connectivity index (χ4v) is 4.00. The standard InChI is InChI=1S/2C10H13.C2H6Si.2ClH.Hf/c2*1-8-6-9-4-2-3-5-10(9)7-8;1-3-2;;;/h2*2-6,8-10H,7H2,1H3;1-2H3;2*1H;/q2*-1;;;;+2/p-2. The fourth-order valence-electron chi connectivity index (χ4n) is 4.00. The molecule has 4 rings (SSSR count). The molecule has 0 radical (unpaired) electrons. The van der Waals surface area contributed by atoms with Gasteiger partial charge in [0, 0.05) is 0 Å². The first-order valence-corrected chi connectivity index (χ1v) is 17.3. The van der Waals surface area contributed by atoms with Crippen molar-refractivity contribution in [2.45, 2.75) is 39.8 Å². The van der Waals surface area contributed by atoms with Gasteiger partial charge in [-0.05, 0) is 11.8 Å². The normalized spacial score (nSPS) is 34.8. The molecular formula is C22H32Cl2HfSi-2. The maximum atomic E-state index is 2.46. The van der Waals surface area contributed by atoms with E-state index >= 15 is 0 Å². The van der Waals surface area contributed by atoms with Crippen LogP contribution in [0.15, 0.2) is 48.6 Å². The van der Waals surface area contributed by atoms with E-state index in [0.29, 0.717) is 0 Å². The molecule has 0 heterocycles. The number of hydrogen-bond donors (Lipinski definition) is 0. The topological polar surface area (TPSA) is 0 Å². The van der Waals surface area contributed by atoms with Crippen LogP contribution in [-0.2, 0) is 23.0 Å². The first-order valence-electron chi connectivity index (χ1n) is 9.37. The van der Waals surface area contributed by atoms with E-state index in [2.05, 4.69) is 88.4 Å². The SMILES string of the molecule is CC1[CH-]C2C=CC=CC2C1.CC1[CH-]C2C=CC=CC2C1.C[Si](C)=[Hf+2].[Cl-].[Cl-]. The minimum Gasteiger partial charge on any atom is -1.00 e. The average molecular weight is 574 g/mol. The Morgan fingerprint density at radius 3 is 1.35 bits per heavy atom. The van der Waals surface area contributed by atoms with Crippen molar-refractivity contribution in [1.82, 2.24) is 0 Å². The van der Waals surface area contributed by atoms with Gasteiger partial charge in [-0.2, -0.15) is 11.8 Å². The zero-order chi connectivity index (χ0) is 17.5. The van der Waals surface area contributed by atoms with Crippen LogP contribution >= 0.6 is 0 Å². The fraction of sp³-hybridized carbons (Fsp3) is 0.545. The molecular weight excluding hydrogens is 542 g/mol. The average Bonchev–Trinajstić information content (AvgIpc) is 3.07. The van der Waals surface area contributed by atoms with E-state index in [4.69, 9.17) is 0 Å². The third-order valence-electron chi connectivity index (χ3n) is 4.98. The maximum Gasteiger partial charge on any atom is -1.00 e. The Morgan fingerprint density at radius 2 is 1.04 bits per heavy atom. The summed E-state index contributed by atoms with van der Waals surface area (Å²) in [6, 6.07) is 0. The summed E-state index contributed by atoms with van der Waals surface area (Å²) < 4.78 is 0. The molecule has 144 valence electrons. The van der Waals surface area contributed by atoms with E-state index in [0.717, 1.165) is 35.5 Å². The zero-order valence-corrected chi connectivity index (χ0v) is 22.5. The Bertz CT molecular complexity index is 452. The smallest absolute Gasteiger partial charge is 1.00 e. The molecule has 26 heavy (non-hydrogen) atoms. The minimum absolute atomic E-state index is 0. The van der Waals surface area contributed by atoms with Crippen LogP contribution < -0.4 is 24.8 Å². The third-order valence-corrected chi connectivity index (χ3v) is 4.98. The van der Waals surface area contributed by atoms with Gasteiger partial charge in [-0.1, -0.05) is 63.1 Å². The summed E-state index contributed by atoms with van der Waals surface area (Å²) in [7, 11) is 0. The Kier molecular flexibility index (Phi) is 14.1. The number of hydrogen-bond acceptors (Lipinski definition) is 0. The van der Waals surface area contributed by atoms with Crippen molar-refractivity contribution in [2.24, 2.45) is 35.5 Å². The molecule has 4 heteroatoms. The van der Waals surface area contributed by atoms with Crippen LogP contribution in [0.5, 0.6) is 0 Å². The first kappa shape index (κ1) is 26.6. The summed E-state index contributed by atoms with van der Waals surface area (Å²) in [6.45, 7) is 9.27. The quantitative estimate of drug-likeness (QED) is 0.282. The van der Waals surface area contributed by atoms with Crippen molar-refractivity contribution >= 4 is 5.49 Å². The summed E-state index contributed by atoms with van der Waals surface area (Å²) >= 11 is 1.45. The molecule has 2 saturated carbocycles. The zero-order valence-electron chi connectivity index (χ0n) is 16.4. The molecule has 0 aromatic rings. The Morgan fingerprint density at radius 1 is 0.731 bits per heavy atom. The van der Waals surface area contributed by atoms with Crippen molar-refractivity contribution in [1.29, 1.82) is 0 Å². The summed E-state index contributed by atoms with van der Waals surface area (Å²) in [5.74, 6) is 4.78. The molecule has 0 spiro atoms. The molecule has 0 N–H and O–H groups in total. The van der Waals surface area contributed by atoms with E-state index in [9.17, 15) is 0 Å². The van der Waals surface area contributed by atoms with Gasteiger partial charge in [-0.15, -0.1) is 24.0 Å². The van der Waals surface area contributed by atoms with Crippen molar-refractivity contribution in [3.63, 3.8) is 0 Å². The van der Waals surface area contributed by atoms with Gasteiger partial charge in [0.1, 0.15) is 0 Å². The van der Waals surface area contributed by atoms with Crippen molar-refractivity contribution in [3.05, 3.63) is 61.4 Å². The molecule has 0 aliphatic heterocycles. The second kappa shape index (κ2) is 13.7. The molecule has 0 aromatic carbocycles. The van der Waals surface area contributed by atoms with Crippen LogP contribution in [0.2, 0.25) is 13.1 Å².